The van der Waals surface area contributed by atoms with Crippen LogP contribution in [0.4, 0.5) is 0 Å². The normalized spacial score (nSPS) is 28.3. The van der Waals surface area contributed by atoms with Gasteiger partial charge in [-0.15, -0.1) is 0 Å². The summed E-state index contributed by atoms with van der Waals surface area (Å²) in [5.41, 5.74) is 0. The Hall–Kier alpha value is 0.899. The van der Waals surface area contributed by atoms with Gasteiger partial charge in [0, 0.05) is 62.9 Å². The van der Waals surface area contributed by atoms with Gasteiger partial charge in [0.1, 0.15) is 0 Å². The molecule has 0 aromatic heterocycles. The van der Waals surface area contributed by atoms with E-state index in [9.17, 15) is 0 Å². The van der Waals surface area contributed by atoms with Crippen molar-refractivity contribution in [2.45, 2.75) is 154 Å². The molecule has 2 aliphatic rings. The first-order chi connectivity index (χ1) is 18.2. The van der Waals surface area contributed by atoms with Crippen LogP contribution < -0.4 is 26.6 Å². The van der Waals surface area contributed by atoms with Crippen LogP contribution in [0, 0.1) is 0 Å². The molecule has 223 valence electrons. The van der Waals surface area contributed by atoms with E-state index in [4.69, 9.17) is 20.2 Å². The van der Waals surface area contributed by atoms with Gasteiger partial charge in [0.2, 0.25) is 0 Å². The molecule has 2 rings (SSSR count). The molecule has 1 aliphatic carbocycles. The third-order valence-electron chi connectivity index (χ3n) is 8.13. The molecule has 5 atom stereocenters. The number of fused-ring (bicyclic) bond motifs is 1. The van der Waals surface area contributed by atoms with Crippen molar-refractivity contribution in [2.75, 3.05) is 32.7 Å². The van der Waals surface area contributed by atoms with Crippen LogP contribution in [0.15, 0.2) is 0 Å². The minimum absolute atomic E-state index is 0.00694. The summed E-state index contributed by atoms with van der Waals surface area (Å²) >= 11 is 0.00694. The molecule has 0 spiro atoms. The first-order valence-corrected chi connectivity index (χ1v) is 19.0. The first kappa shape index (κ1) is 35.9. The molecule has 0 aromatic rings. The quantitative estimate of drug-likeness (QED) is 0.130. The van der Waals surface area contributed by atoms with E-state index in [1.807, 2.05) is 0 Å². The molecular formula is C29H61Cl2MnN5. The molecular weight excluding hydrogens is 544 g/mol. The van der Waals surface area contributed by atoms with Crippen LogP contribution in [0.25, 0.3) is 0 Å². The molecule has 1 saturated carbocycles. The van der Waals surface area contributed by atoms with Crippen molar-refractivity contribution in [3.63, 3.8) is 0 Å². The number of hydrogen-bond acceptors (Lipinski definition) is 5. The van der Waals surface area contributed by atoms with E-state index in [0.29, 0.717) is 30.2 Å². The SMILES string of the molecule is CCCCC[C@@H]1CN[C@@H](CCCCC)CN[C@@H]2CCCC[C@H]2NCCN[C@@H](CCCCC)CN1.[Cl][Mn][Cl]. The Morgan fingerprint density at radius 2 is 0.919 bits per heavy atom. The Labute approximate surface area is 245 Å². The van der Waals surface area contributed by atoms with Gasteiger partial charge in [0.15, 0.2) is 0 Å². The third-order valence-corrected chi connectivity index (χ3v) is 8.13. The van der Waals surface area contributed by atoms with Gasteiger partial charge in [-0.25, -0.2) is 0 Å². The van der Waals surface area contributed by atoms with E-state index in [2.05, 4.69) is 47.4 Å². The second-order valence-electron chi connectivity index (χ2n) is 11.3. The molecule has 1 saturated heterocycles. The van der Waals surface area contributed by atoms with Gasteiger partial charge >= 0.3 is 33.3 Å². The third kappa shape index (κ3) is 18.8. The van der Waals surface area contributed by atoms with Gasteiger partial charge < -0.3 is 26.6 Å². The van der Waals surface area contributed by atoms with Crippen molar-refractivity contribution in [3.8, 4) is 0 Å². The Morgan fingerprint density at radius 3 is 1.38 bits per heavy atom. The number of rotatable bonds is 12. The number of halogens is 2. The minimum atomic E-state index is 0.00694. The summed E-state index contributed by atoms with van der Waals surface area (Å²) in [6.07, 6.45) is 21.3. The molecule has 5 N–H and O–H groups in total. The zero-order chi connectivity index (χ0) is 27.0. The number of unbranched alkanes of at least 4 members (excludes halogenated alkanes) is 6. The summed E-state index contributed by atoms with van der Waals surface area (Å²) in [6, 6.07) is 3.03. The van der Waals surface area contributed by atoms with E-state index >= 15 is 0 Å². The van der Waals surface area contributed by atoms with Crippen molar-refractivity contribution in [1.29, 1.82) is 0 Å². The molecule has 0 bridgehead atoms. The fraction of sp³-hybridized carbons (Fsp3) is 1.00. The van der Waals surface area contributed by atoms with Crippen molar-refractivity contribution in [1.82, 2.24) is 26.6 Å². The molecule has 2 fully saturated rings. The number of hydrogen-bond donors (Lipinski definition) is 5. The molecule has 0 unspecified atom stereocenters. The molecule has 0 aromatic carbocycles. The summed E-state index contributed by atoms with van der Waals surface area (Å²) in [6.45, 7) is 12.4. The van der Waals surface area contributed by atoms with Crippen LogP contribution in [-0.4, -0.2) is 62.9 Å². The molecule has 0 amide bonds. The average Bonchev–Trinajstić information content (AvgIpc) is 2.91. The predicted octanol–water partition coefficient (Wildman–Crippen LogP) is 6.48. The van der Waals surface area contributed by atoms with Crippen LogP contribution >= 0.6 is 20.2 Å². The van der Waals surface area contributed by atoms with Crippen molar-refractivity contribution < 1.29 is 13.1 Å². The summed E-state index contributed by atoms with van der Waals surface area (Å²) in [7, 11) is 9.59. The fourth-order valence-corrected chi connectivity index (χ4v) is 5.82. The topological polar surface area (TPSA) is 60.1 Å². The average molecular weight is 606 g/mol. The van der Waals surface area contributed by atoms with Crippen molar-refractivity contribution >= 4 is 20.2 Å². The maximum atomic E-state index is 4.80. The summed E-state index contributed by atoms with van der Waals surface area (Å²) in [5, 5.41) is 19.9. The van der Waals surface area contributed by atoms with Crippen LogP contribution in [0.2, 0.25) is 0 Å². The zero-order valence-corrected chi connectivity index (χ0v) is 27.1. The molecule has 8 heteroatoms. The van der Waals surface area contributed by atoms with Crippen LogP contribution in [0.1, 0.15) is 124 Å². The second-order valence-corrected chi connectivity index (χ2v) is 13.2. The summed E-state index contributed by atoms with van der Waals surface area (Å²) < 4.78 is 0. The summed E-state index contributed by atoms with van der Waals surface area (Å²) in [5.74, 6) is 0. The predicted molar refractivity (Wildman–Crippen MR) is 162 cm³/mol. The molecule has 1 heterocycles. The maximum absolute atomic E-state index is 4.80. The molecule has 5 nitrogen and oxygen atoms in total. The van der Waals surface area contributed by atoms with Gasteiger partial charge in [0.05, 0.1) is 0 Å². The fourth-order valence-electron chi connectivity index (χ4n) is 5.82. The van der Waals surface area contributed by atoms with Gasteiger partial charge in [-0.1, -0.05) is 91.4 Å². The molecule has 37 heavy (non-hydrogen) atoms. The van der Waals surface area contributed by atoms with Crippen LogP contribution in [0.5, 0.6) is 0 Å². The zero-order valence-electron chi connectivity index (χ0n) is 24.4. The van der Waals surface area contributed by atoms with E-state index in [-0.39, 0.29) is 13.1 Å². The Kier molecular flexibility index (Phi) is 25.1. The van der Waals surface area contributed by atoms with Gasteiger partial charge in [-0.2, -0.15) is 0 Å². The van der Waals surface area contributed by atoms with E-state index in [1.165, 1.54) is 103 Å². The summed E-state index contributed by atoms with van der Waals surface area (Å²) in [4.78, 5) is 0. The van der Waals surface area contributed by atoms with Crippen LogP contribution in [-0.2, 0) is 13.1 Å². The Morgan fingerprint density at radius 1 is 0.541 bits per heavy atom. The Balaban J connectivity index is 0.00000217. The van der Waals surface area contributed by atoms with Gasteiger partial charge in [0.25, 0.3) is 0 Å². The molecule has 1 aliphatic heterocycles. The standard InChI is InChI=1S/C29H61N5.2ClH.Mn/c1-4-7-10-15-25-22-32-26(16-11-8-5-2)23-33-27(17-12-9-6-3)24-34-29-19-14-13-18-28(29)31-21-20-30-25;;;/h25-34H,4-24H2,1-3H3;2*1H;/q;;;+2/p-2/t25-,26+,27-,28+,29+;;;/m0.../s1. The van der Waals surface area contributed by atoms with Crippen LogP contribution in [0.3, 0.4) is 0 Å². The number of nitrogens with one attached hydrogen (secondary N) is 5. The molecule has 0 radical (unpaired) electrons. The van der Waals surface area contributed by atoms with E-state index < -0.39 is 0 Å². The van der Waals surface area contributed by atoms with E-state index in [0.717, 1.165) is 32.7 Å². The second kappa shape index (κ2) is 25.8. The Bertz CT molecular complexity index is 491. The monoisotopic (exact) mass is 604 g/mol. The van der Waals surface area contributed by atoms with E-state index in [1.54, 1.807) is 0 Å². The van der Waals surface area contributed by atoms with Gasteiger partial charge in [-0.05, 0) is 32.1 Å². The first-order valence-electron chi connectivity index (χ1n) is 15.7. The van der Waals surface area contributed by atoms with Gasteiger partial charge in [-0.3, -0.25) is 0 Å². The van der Waals surface area contributed by atoms with Crippen molar-refractivity contribution in [3.05, 3.63) is 0 Å². The van der Waals surface area contributed by atoms with Crippen molar-refractivity contribution in [2.24, 2.45) is 0 Å².